The van der Waals surface area contributed by atoms with E-state index in [1.54, 1.807) is 0 Å². The molecule has 2 atom stereocenters. The van der Waals surface area contributed by atoms with Crippen LogP contribution in [0.25, 0.3) is 0 Å². The number of alkyl halides is 8. The molecule has 0 bridgehead atoms. The van der Waals surface area contributed by atoms with E-state index in [0.29, 0.717) is 29.5 Å². The van der Waals surface area contributed by atoms with Crippen LogP contribution >= 0.6 is 45.2 Å². The average molecular weight is 460 g/mol. The van der Waals surface area contributed by atoms with E-state index in [2.05, 4.69) is 0 Å². The predicted molar refractivity (Wildman–Crippen MR) is 61.6 cm³/mol. The Hall–Kier alpha value is 1.04. The molecule has 0 radical (unpaired) electrons. The Morgan fingerprint density at radius 1 is 0.933 bits per heavy atom. The Bertz CT molecular complexity index is 232. The van der Waals surface area contributed by atoms with Gasteiger partial charge in [0.05, 0.1) is 0 Å². The van der Waals surface area contributed by atoms with Crippen LogP contribution in [0.2, 0.25) is 0 Å². The smallest absolute Gasteiger partial charge is 0.228 e. The Morgan fingerprint density at radius 2 is 1.27 bits per heavy atom. The van der Waals surface area contributed by atoms with Gasteiger partial charge in [-0.3, -0.25) is 0 Å². The maximum atomic E-state index is 13.4. The van der Waals surface area contributed by atoms with E-state index in [0.717, 1.165) is 29.5 Å². The first-order valence-electron chi connectivity index (χ1n) is 3.82. The molecule has 0 N–H and O–H groups in total. The summed E-state index contributed by atoms with van der Waals surface area (Å²) in [5.74, 6) is -9.65. The summed E-state index contributed by atoms with van der Waals surface area (Å²) < 4.78 is 71.3. The molecular formula is C7H8F6I2. The summed E-state index contributed by atoms with van der Waals surface area (Å²) in [5.41, 5.74) is 0. The Kier molecular flexibility index (Phi) is 4.68. The summed E-state index contributed by atoms with van der Waals surface area (Å²) in [6.07, 6.45) is -1.26. The third-order valence-electron chi connectivity index (χ3n) is 1.85. The first kappa shape index (κ1) is 16.0. The molecule has 0 aliphatic heterocycles. The lowest BCUT2D eigenvalue weighted by Gasteiger charge is -2.38. The van der Waals surface area contributed by atoms with Crippen LogP contribution < -0.4 is 0 Å². The molecule has 0 aromatic rings. The quantitative estimate of drug-likeness (QED) is 0.319. The third-order valence-corrected chi connectivity index (χ3v) is 5.31. The topological polar surface area (TPSA) is 0 Å². The summed E-state index contributed by atoms with van der Waals surface area (Å²) in [6, 6.07) is 0. The van der Waals surface area contributed by atoms with Gasteiger partial charge >= 0.3 is 11.8 Å². The molecule has 0 spiro atoms. The van der Waals surface area contributed by atoms with Gasteiger partial charge < -0.3 is 0 Å². The minimum Gasteiger partial charge on any atom is -0.228 e. The average Bonchev–Trinajstić information content (AvgIpc) is 2.01. The summed E-state index contributed by atoms with van der Waals surface area (Å²) in [6.45, 7) is 1.27. The second-order valence-electron chi connectivity index (χ2n) is 3.10. The minimum atomic E-state index is -5.07. The lowest BCUT2D eigenvalue weighted by atomic mass is 10.0. The van der Waals surface area contributed by atoms with Gasteiger partial charge in [0.25, 0.3) is 3.68 Å². The molecule has 0 aliphatic rings. The van der Waals surface area contributed by atoms with Gasteiger partial charge in [-0.25, -0.2) is 8.78 Å². The number of halogens is 8. The highest BCUT2D eigenvalue weighted by molar-refractivity contribution is 14.1. The summed E-state index contributed by atoms with van der Waals surface area (Å²) >= 11 is 1.13. The summed E-state index contributed by atoms with van der Waals surface area (Å²) in [5, 5.41) is 0. The first-order chi connectivity index (χ1) is 6.31. The van der Waals surface area contributed by atoms with Crippen molar-refractivity contribution < 1.29 is 26.3 Å². The highest BCUT2D eigenvalue weighted by Gasteiger charge is 2.74. The first-order valence-corrected chi connectivity index (χ1v) is 5.98. The van der Waals surface area contributed by atoms with E-state index in [1.807, 2.05) is 0 Å². The normalized spacial score (nSPS) is 22.0. The zero-order valence-electron chi connectivity index (χ0n) is 7.73. The fourth-order valence-electron chi connectivity index (χ4n) is 0.727. The van der Waals surface area contributed by atoms with Gasteiger partial charge in [0.1, 0.15) is 0 Å². The summed E-state index contributed by atoms with van der Waals surface area (Å²) in [4.78, 5) is 0. The third kappa shape index (κ3) is 2.65. The Morgan fingerprint density at radius 3 is 1.47 bits per heavy atom. The van der Waals surface area contributed by atoms with Gasteiger partial charge in [-0.1, -0.05) is 6.92 Å². The van der Waals surface area contributed by atoms with Crippen molar-refractivity contribution in [3.8, 4) is 0 Å². The Balaban J connectivity index is 5.38. The SMILES string of the molecule is CCC(F)(F)C(F)(F)C(F)(I)C(C)(F)I. The van der Waals surface area contributed by atoms with Crippen molar-refractivity contribution in [3.05, 3.63) is 0 Å². The largest absolute Gasteiger partial charge is 0.356 e. The minimum absolute atomic E-state index is 0.395. The highest BCUT2D eigenvalue weighted by Crippen LogP contribution is 2.57. The van der Waals surface area contributed by atoms with Crippen molar-refractivity contribution >= 4 is 45.2 Å². The lowest BCUT2D eigenvalue weighted by Crippen LogP contribution is -2.59. The molecule has 92 valence electrons. The van der Waals surface area contributed by atoms with Gasteiger partial charge in [0, 0.05) is 6.42 Å². The molecule has 8 heteroatoms. The second kappa shape index (κ2) is 4.37. The van der Waals surface area contributed by atoms with Crippen LogP contribution in [0.4, 0.5) is 26.3 Å². The maximum Gasteiger partial charge on any atom is 0.356 e. The van der Waals surface area contributed by atoms with E-state index in [9.17, 15) is 26.3 Å². The molecule has 0 fully saturated rings. The van der Waals surface area contributed by atoms with Crippen molar-refractivity contribution in [2.45, 2.75) is 39.5 Å². The number of hydrogen-bond acceptors (Lipinski definition) is 0. The molecule has 2 unspecified atom stereocenters. The molecule has 0 rings (SSSR count). The zero-order valence-corrected chi connectivity index (χ0v) is 12.0. The summed E-state index contributed by atoms with van der Waals surface area (Å²) in [7, 11) is 0. The van der Waals surface area contributed by atoms with Crippen LogP contribution in [-0.4, -0.2) is 19.2 Å². The van der Waals surface area contributed by atoms with Gasteiger partial charge in [-0.05, 0) is 52.1 Å². The van der Waals surface area contributed by atoms with E-state index >= 15 is 0 Å². The number of hydrogen-bond donors (Lipinski definition) is 0. The molecule has 0 aliphatic carbocycles. The van der Waals surface area contributed by atoms with Crippen LogP contribution in [0.15, 0.2) is 0 Å². The fourth-order valence-corrected chi connectivity index (χ4v) is 1.46. The van der Waals surface area contributed by atoms with Gasteiger partial charge in [0.2, 0.25) is 3.68 Å². The van der Waals surface area contributed by atoms with Crippen LogP contribution in [0, 0.1) is 0 Å². The van der Waals surface area contributed by atoms with E-state index in [1.165, 1.54) is 0 Å². The standard InChI is InChI=1S/C7H8F6I2/c1-3-5(9,10)6(11,12)7(13,15)4(2,8)14/h3H2,1-2H3. The molecular weight excluding hydrogens is 452 g/mol. The van der Waals surface area contributed by atoms with Crippen molar-refractivity contribution in [3.63, 3.8) is 0 Å². The predicted octanol–water partition coefficient (Wildman–Crippen LogP) is 4.89. The number of rotatable bonds is 4. The van der Waals surface area contributed by atoms with E-state index < -0.39 is 25.6 Å². The van der Waals surface area contributed by atoms with Crippen LogP contribution in [-0.2, 0) is 0 Å². The van der Waals surface area contributed by atoms with Gasteiger partial charge in [-0.2, -0.15) is 17.6 Å². The van der Waals surface area contributed by atoms with Crippen LogP contribution in [0.1, 0.15) is 20.3 Å². The van der Waals surface area contributed by atoms with Crippen LogP contribution in [0.3, 0.4) is 0 Å². The maximum absolute atomic E-state index is 13.4. The molecule has 0 saturated heterocycles. The van der Waals surface area contributed by atoms with Crippen molar-refractivity contribution in [2.75, 3.05) is 0 Å². The fraction of sp³-hybridized carbons (Fsp3) is 1.00. The van der Waals surface area contributed by atoms with Gasteiger partial charge in [-0.15, -0.1) is 0 Å². The van der Waals surface area contributed by atoms with E-state index in [-0.39, 0.29) is 0 Å². The lowest BCUT2D eigenvalue weighted by molar-refractivity contribution is -0.254. The Labute approximate surface area is 110 Å². The second-order valence-corrected chi connectivity index (χ2v) is 6.61. The van der Waals surface area contributed by atoms with Crippen molar-refractivity contribution in [1.29, 1.82) is 0 Å². The van der Waals surface area contributed by atoms with Crippen molar-refractivity contribution in [2.24, 2.45) is 0 Å². The van der Waals surface area contributed by atoms with Crippen molar-refractivity contribution in [1.82, 2.24) is 0 Å². The van der Waals surface area contributed by atoms with E-state index in [4.69, 9.17) is 0 Å². The van der Waals surface area contributed by atoms with Crippen LogP contribution in [0.5, 0.6) is 0 Å². The molecule has 0 amide bonds. The molecule has 15 heavy (non-hydrogen) atoms. The highest BCUT2D eigenvalue weighted by atomic mass is 127. The zero-order chi connectivity index (χ0) is 12.7. The monoisotopic (exact) mass is 460 g/mol. The molecule has 0 saturated carbocycles. The van der Waals surface area contributed by atoms with Gasteiger partial charge in [0.15, 0.2) is 0 Å². The molecule has 0 nitrogen and oxygen atoms in total. The molecule has 0 aromatic heterocycles. The molecule has 0 aromatic carbocycles. The molecule has 0 heterocycles.